The highest BCUT2D eigenvalue weighted by atomic mass is 14.5. The van der Waals surface area contributed by atoms with E-state index in [1.54, 1.807) is 0 Å². The highest BCUT2D eigenvalue weighted by Crippen LogP contribution is 2.57. The van der Waals surface area contributed by atoms with Crippen molar-refractivity contribution in [3.05, 3.63) is 173 Å². The molecule has 0 spiro atoms. The van der Waals surface area contributed by atoms with Crippen LogP contribution in [0.2, 0.25) is 0 Å². The lowest BCUT2D eigenvalue weighted by Crippen LogP contribution is -2.27. The van der Waals surface area contributed by atoms with Crippen LogP contribution in [0.1, 0.15) is 42.9 Å². The van der Waals surface area contributed by atoms with Crippen LogP contribution in [0.3, 0.4) is 0 Å². The van der Waals surface area contributed by atoms with Crippen LogP contribution >= 0.6 is 0 Å². The molecule has 1 unspecified atom stereocenters. The average Bonchev–Trinajstić information content (AvgIpc) is 3.10. The third kappa shape index (κ3) is 4.29. The lowest BCUT2D eigenvalue weighted by atomic mass is 9.68. The summed E-state index contributed by atoms with van der Waals surface area (Å²) in [5, 5.41) is 0. The summed E-state index contributed by atoms with van der Waals surface area (Å²) in [4.78, 5) is 0. The number of hydrogen-bond acceptors (Lipinski definition) is 0. The number of hydrogen-bond donors (Lipinski definition) is 0. The van der Waals surface area contributed by atoms with Gasteiger partial charge in [-0.3, -0.25) is 0 Å². The minimum absolute atomic E-state index is 0.259. The van der Waals surface area contributed by atoms with E-state index in [4.69, 9.17) is 0 Å². The molecule has 178 valence electrons. The monoisotopic (exact) mass is 466 g/mol. The predicted molar refractivity (Wildman–Crippen MR) is 156 cm³/mol. The summed E-state index contributed by atoms with van der Waals surface area (Å²) < 4.78 is 0. The minimum atomic E-state index is -0.259. The third-order valence-electron chi connectivity index (χ3n) is 7.50. The molecule has 2 aromatic rings. The minimum Gasteiger partial charge on any atom is -0.0991 e. The first kappa shape index (κ1) is 23.8. The van der Waals surface area contributed by atoms with Crippen molar-refractivity contribution in [2.45, 2.75) is 38.5 Å². The van der Waals surface area contributed by atoms with Crippen molar-refractivity contribution in [1.82, 2.24) is 0 Å². The molecular weight excluding hydrogens is 432 g/mol. The van der Waals surface area contributed by atoms with Crippen molar-refractivity contribution in [1.29, 1.82) is 0 Å². The second-order valence-corrected chi connectivity index (χ2v) is 9.87. The molecule has 0 fully saturated rings. The molecule has 5 rings (SSSR count). The first-order valence-corrected chi connectivity index (χ1v) is 12.9. The standard InChI is InChI=1S/C36H34/c1-4-5-6-7-16-23-36(30-18-10-8-11-19-30)34-22-13-9-12-21-32(34)33-25-27(2)24-29(26-35(33)36)31-20-15-14-17-28(31)3/h4-11,13-22,25-26H,1,12,23-24H2,2-3H3/b6-5-,16-7-. The van der Waals surface area contributed by atoms with Gasteiger partial charge in [0.15, 0.2) is 0 Å². The Morgan fingerprint density at radius 3 is 2.53 bits per heavy atom. The Bertz CT molecular complexity index is 1410. The maximum absolute atomic E-state index is 3.81. The van der Waals surface area contributed by atoms with Crippen molar-refractivity contribution in [2.24, 2.45) is 0 Å². The van der Waals surface area contributed by atoms with E-state index in [0.29, 0.717) is 0 Å². The van der Waals surface area contributed by atoms with Crippen molar-refractivity contribution in [3.63, 3.8) is 0 Å². The maximum atomic E-state index is 3.81. The number of allylic oxidation sites excluding steroid dienone is 17. The van der Waals surface area contributed by atoms with E-state index in [9.17, 15) is 0 Å². The molecule has 2 aromatic carbocycles. The zero-order valence-corrected chi connectivity index (χ0v) is 21.4. The zero-order valence-electron chi connectivity index (χ0n) is 21.4. The van der Waals surface area contributed by atoms with E-state index in [2.05, 4.69) is 130 Å². The fourth-order valence-corrected chi connectivity index (χ4v) is 5.90. The van der Waals surface area contributed by atoms with Crippen LogP contribution in [-0.4, -0.2) is 0 Å². The van der Waals surface area contributed by atoms with Gasteiger partial charge in [0.25, 0.3) is 0 Å². The first-order valence-electron chi connectivity index (χ1n) is 12.9. The second-order valence-electron chi connectivity index (χ2n) is 9.87. The first-order chi connectivity index (χ1) is 17.6. The van der Waals surface area contributed by atoms with Crippen molar-refractivity contribution < 1.29 is 0 Å². The Kier molecular flexibility index (Phi) is 6.87. The van der Waals surface area contributed by atoms with E-state index in [1.165, 1.54) is 50.1 Å². The Labute approximate surface area is 216 Å². The van der Waals surface area contributed by atoms with Crippen molar-refractivity contribution in [3.8, 4) is 0 Å². The Morgan fingerprint density at radius 2 is 1.72 bits per heavy atom. The molecule has 0 saturated heterocycles. The predicted octanol–water partition coefficient (Wildman–Crippen LogP) is 9.48. The van der Waals surface area contributed by atoms with Gasteiger partial charge in [-0.25, -0.2) is 0 Å². The molecule has 0 radical (unpaired) electrons. The molecule has 0 heterocycles. The van der Waals surface area contributed by atoms with Gasteiger partial charge in [0.05, 0.1) is 0 Å². The number of fused-ring (bicyclic) bond motifs is 2. The fourth-order valence-electron chi connectivity index (χ4n) is 5.90. The van der Waals surface area contributed by atoms with Gasteiger partial charge in [-0.15, -0.1) is 0 Å². The highest BCUT2D eigenvalue weighted by Gasteiger charge is 2.47. The summed E-state index contributed by atoms with van der Waals surface area (Å²) in [6.07, 6.45) is 27.4. The van der Waals surface area contributed by atoms with Gasteiger partial charge in [-0.2, -0.15) is 0 Å². The van der Waals surface area contributed by atoms with Crippen LogP contribution in [0, 0.1) is 6.92 Å². The Balaban J connectivity index is 1.81. The van der Waals surface area contributed by atoms with Crippen LogP contribution in [0.25, 0.3) is 5.57 Å². The summed E-state index contributed by atoms with van der Waals surface area (Å²) in [6, 6.07) is 19.9. The molecule has 3 aliphatic rings. The number of rotatable bonds is 6. The van der Waals surface area contributed by atoms with Crippen LogP contribution < -0.4 is 0 Å². The lowest BCUT2D eigenvalue weighted by molar-refractivity contribution is 0.637. The summed E-state index contributed by atoms with van der Waals surface area (Å²) in [5.74, 6) is 0. The normalized spacial score (nSPS) is 21.4. The van der Waals surface area contributed by atoms with Gasteiger partial charge in [0.2, 0.25) is 0 Å². The lowest BCUT2D eigenvalue weighted by Gasteiger charge is -2.34. The molecule has 0 N–H and O–H groups in total. The molecule has 0 bridgehead atoms. The molecule has 0 nitrogen and oxygen atoms in total. The average molecular weight is 467 g/mol. The van der Waals surface area contributed by atoms with E-state index in [-0.39, 0.29) is 5.41 Å². The smallest absolute Gasteiger partial charge is 0.0498 e. The van der Waals surface area contributed by atoms with Crippen LogP contribution in [0.15, 0.2) is 156 Å². The van der Waals surface area contributed by atoms with Crippen LogP contribution in [-0.2, 0) is 5.41 Å². The molecule has 0 saturated carbocycles. The summed E-state index contributed by atoms with van der Waals surface area (Å²) in [7, 11) is 0. The molecule has 0 amide bonds. The van der Waals surface area contributed by atoms with Gasteiger partial charge in [-0.05, 0) is 77.7 Å². The number of aryl methyl sites for hydroxylation is 1. The number of benzene rings is 2. The molecular formula is C36H34. The van der Waals surface area contributed by atoms with Gasteiger partial charge in [0, 0.05) is 5.41 Å². The van der Waals surface area contributed by atoms with E-state index in [1.807, 2.05) is 12.2 Å². The molecule has 1 atom stereocenters. The molecule has 0 aliphatic heterocycles. The third-order valence-corrected chi connectivity index (χ3v) is 7.50. The molecule has 36 heavy (non-hydrogen) atoms. The van der Waals surface area contributed by atoms with Crippen LogP contribution in [0.4, 0.5) is 0 Å². The second kappa shape index (κ2) is 10.4. The Hall–Kier alpha value is -3.90. The van der Waals surface area contributed by atoms with E-state index < -0.39 is 0 Å². The maximum Gasteiger partial charge on any atom is 0.0498 e. The van der Waals surface area contributed by atoms with Gasteiger partial charge in [-0.1, -0.05) is 134 Å². The highest BCUT2D eigenvalue weighted by molar-refractivity contribution is 5.82. The SMILES string of the molecule is C=C/C=C\C=C/CC1(c2ccccc2)C2=CC=CCC=C2C2=C1C=C(c1ccccc1C)CC(C)=C2. The zero-order chi connectivity index (χ0) is 25.0. The van der Waals surface area contributed by atoms with Crippen molar-refractivity contribution in [2.75, 3.05) is 0 Å². The topological polar surface area (TPSA) is 0 Å². The summed E-state index contributed by atoms with van der Waals surface area (Å²) in [6.45, 7) is 8.32. The van der Waals surface area contributed by atoms with Gasteiger partial charge < -0.3 is 0 Å². The van der Waals surface area contributed by atoms with Gasteiger partial charge in [0.1, 0.15) is 0 Å². The molecule has 3 aliphatic carbocycles. The summed E-state index contributed by atoms with van der Waals surface area (Å²) >= 11 is 0. The largest absolute Gasteiger partial charge is 0.0991 e. The quantitative estimate of drug-likeness (QED) is 0.372. The Morgan fingerprint density at radius 1 is 0.917 bits per heavy atom. The summed E-state index contributed by atoms with van der Waals surface area (Å²) in [5.41, 5.74) is 12.1. The van der Waals surface area contributed by atoms with Crippen molar-refractivity contribution >= 4 is 5.57 Å². The van der Waals surface area contributed by atoms with Gasteiger partial charge >= 0.3 is 0 Å². The van der Waals surface area contributed by atoms with E-state index >= 15 is 0 Å². The van der Waals surface area contributed by atoms with Crippen LogP contribution in [0.5, 0.6) is 0 Å². The van der Waals surface area contributed by atoms with E-state index in [0.717, 1.165) is 19.3 Å². The molecule has 0 aromatic heterocycles. The fraction of sp³-hybridized carbons (Fsp3) is 0.167. The molecule has 0 heteroatoms.